The molecule has 1 fully saturated rings. The molecule has 0 radical (unpaired) electrons. The first-order valence-electron chi connectivity index (χ1n) is 9.01. The van der Waals surface area contributed by atoms with Crippen LogP contribution in [0.1, 0.15) is 46.1 Å². The van der Waals surface area contributed by atoms with Crippen LogP contribution >= 0.6 is 0 Å². The van der Waals surface area contributed by atoms with Gasteiger partial charge in [-0.05, 0) is 44.0 Å². The van der Waals surface area contributed by atoms with E-state index in [9.17, 15) is 23.1 Å². The van der Waals surface area contributed by atoms with Gasteiger partial charge in [-0.2, -0.15) is 13.2 Å². The fraction of sp³-hybridized carbons (Fsp3) is 0.500. The van der Waals surface area contributed by atoms with Crippen molar-refractivity contribution in [2.45, 2.75) is 52.3 Å². The summed E-state index contributed by atoms with van der Waals surface area (Å²) in [4.78, 5) is 14.6. The van der Waals surface area contributed by atoms with E-state index in [0.717, 1.165) is 12.1 Å². The summed E-state index contributed by atoms with van der Waals surface area (Å²) in [6, 6.07) is 4.71. The highest BCUT2D eigenvalue weighted by molar-refractivity contribution is 6.07. The SMILES string of the molecule is CC(C)(C)/C(O)=C/C(=N)NC(=O)[C@]1(C)CCCN1c1ccc(C(F)(F)F)cc1. The number of carbonyl (C=O) groups is 1. The van der Waals surface area contributed by atoms with E-state index < -0.39 is 28.6 Å². The molecule has 1 aromatic carbocycles. The summed E-state index contributed by atoms with van der Waals surface area (Å²) < 4.78 is 38.3. The molecule has 1 aliphatic rings. The number of benzene rings is 1. The Kier molecular flexibility index (Phi) is 5.82. The van der Waals surface area contributed by atoms with Crippen molar-refractivity contribution in [2.24, 2.45) is 5.41 Å². The molecule has 1 amide bonds. The molecule has 8 heteroatoms. The van der Waals surface area contributed by atoms with E-state index in [0.29, 0.717) is 25.1 Å². The summed E-state index contributed by atoms with van der Waals surface area (Å²) >= 11 is 0. The van der Waals surface area contributed by atoms with E-state index in [4.69, 9.17) is 5.41 Å². The number of hydrogen-bond acceptors (Lipinski definition) is 4. The normalized spacial score (nSPS) is 21.0. The van der Waals surface area contributed by atoms with Crippen LogP contribution in [0.5, 0.6) is 0 Å². The molecule has 1 aliphatic heterocycles. The van der Waals surface area contributed by atoms with Gasteiger partial charge in [-0.3, -0.25) is 10.2 Å². The molecule has 1 saturated heterocycles. The van der Waals surface area contributed by atoms with Gasteiger partial charge < -0.3 is 15.3 Å². The predicted molar refractivity (Wildman–Crippen MR) is 102 cm³/mol. The zero-order valence-corrected chi connectivity index (χ0v) is 16.4. The molecule has 1 aromatic rings. The summed E-state index contributed by atoms with van der Waals surface area (Å²) in [5.74, 6) is -0.709. The number of aliphatic hydroxyl groups is 1. The third-order valence-electron chi connectivity index (χ3n) is 4.93. The molecule has 0 spiro atoms. The van der Waals surface area contributed by atoms with Crippen LogP contribution in [0.15, 0.2) is 36.1 Å². The van der Waals surface area contributed by atoms with Crippen LogP contribution in [0, 0.1) is 10.8 Å². The average Bonchev–Trinajstić information content (AvgIpc) is 2.96. The lowest BCUT2D eigenvalue weighted by molar-refractivity contribution is -0.137. The zero-order chi connectivity index (χ0) is 21.3. The van der Waals surface area contributed by atoms with Gasteiger partial charge in [-0.25, -0.2) is 0 Å². The Morgan fingerprint density at radius 3 is 2.32 bits per heavy atom. The lowest BCUT2D eigenvalue weighted by Gasteiger charge is -2.35. The largest absolute Gasteiger partial charge is 0.512 e. The van der Waals surface area contributed by atoms with Crippen LogP contribution in [-0.2, 0) is 11.0 Å². The average molecular weight is 397 g/mol. The summed E-state index contributed by atoms with van der Waals surface area (Å²) in [7, 11) is 0. The van der Waals surface area contributed by atoms with Crippen molar-refractivity contribution in [3.63, 3.8) is 0 Å². The fourth-order valence-corrected chi connectivity index (χ4v) is 3.09. The van der Waals surface area contributed by atoms with E-state index in [1.807, 2.05) is 0 Å². The zero-order valence-electron chi connectivity index (χ0n) is 16.4. The van der Waals surface area contributed by atoms with Gasteiger partial charge in [0.15, 0.2) is 0 Å². The Balaban J connectivity index is 2.19. The van der Waals surface area contributed by atoms with Crippen LogP contribution in [0.3, 0.4) is 0 Å². The van der Waals surface area contributed by atoms with E-state index in [1.54, 1.807) is 32.6 Å². The minimum absolute atomic E-state index is 0.0334. The molecular weight excluding hydrogens is 371 g/mol. The van der Waals surface area contributed by atoms with Crippen LogP contribution in [-0.4, -0.2) is 28.9 Å². The van der Waals surface area contributed by atoms with Gasteiger partial charge in [0.2, 0.25) is 0 Å². The molecule has 0 unspecified atom stereocenters. The molecular formula is C20H26F3N3O2. The molecule has 0 aromatic heterocycles. The molecule has 154 valence electrons. The molecule has 5 nitrogen and oxygen atoms in total. The second-order valence-corrected chi connectivity index (χ2v) is 8.22. The number of halogens is 3. The van der Waals surface area contributed by atoms with E-state index in [-0.39, 0.29) is 11.6 Å². The van der Waals surface area contributed by atoms with Gasteiger partial charge in [0.05, 0.1) is 5.56 Å². The van der Waals surface area contributed by atoms with Crippen LogP contribution in [0.4, 0.5) is 18.9 Å². The molecule has 1 heterocycles. The van der Waals surface area contributed by atoms with Crippen LogP contribution in [0.25, 0.3) is 0 Å². The van der Waals surface area contributed by atoms with E-state index in [1.165, 1.54) is 18.2 Å². The second-order valence-electron chi connectivity index (χ2n) is 8.22. The van der Waals surface area contributed by atoms with Crippen molar-refractivity contribution >= 4 is 17.4 Å². The smallest absolute Gasteiger partial charge is 0.416 e. The second kappa shape index (κ2) is 7.48. The highest BCUT2D eigenvalue weighted by atomic mass is 19.4. The van der Waals surface area contributed by atoms with E-state index in [2.05, 4.69) is 5.32 Å². The third-order valence-corrected chi connectivity index (χ3v) is 4.93. The van der Waals surface area contributed by atoms with E-state index >= 15 is 0 Å². The summed E-state index contributed by atoms with van der Waals surface area (Å²) in [6.45, 7) is 7.55. The van der Waals surface area contributed by atoms with Gasteiger partial charge in [0, 0.05) is 23.7 Å². The molecule has 2 rings (SSSR count). The lowest BCUT2D eigenvalue weighted by Crippen LogP contribution is -2.54. The van der Waals surface area contributed by atoms with Crippen molar-refractivity contribution in [2.75, 3.05) is 11.4 Å². The van der Waals surface area contributed by atoms with Gasteiger partial charge in [-0.15, -0.1) is 0 Å². The molecule has 28 heavy (non-hydrogen) atoms. The van der Waals surface area contributed by atoms with Gasteiger partial charge in [0.25, 0.3) is 5.91 Å². The van der Waals surface area contributed by atoms with Crippen molar-refractivity contribution in [1.29, 1.82) is 5.41 Å². The number of carbonyl (C=O) groups excluding carboxylic acids is 1. The number of allylic oxidation sites excluding steroid dienone is 1. The standard InChI is InChI=1S/C20H26F3N3O2/c1-18(2,3)15(27)12-16(24)25-17(28)19(4)10-5-11-26(19)14-8-6-13(7-9-14)20(21,22)23/h6-9,12,27H,5,10-11H2,1-4H3,(H2,24,25,28)/b15-12-/t19-/m0/s1. The van der Waals surface area contributed by atoms with Crippen molar-refractivity contribution < 1.29 is 23.1 Å². The van der Waals surface area contributed by atoms with Crippen molar-refractivity contribution in [1.82, 2.24) is 5.32 Å². The Morgan fingerprint density at radius 1 is 1.25 bits per heavy atom. The molecule has 0 bridgehead atoms. The van der Waals surface area contributed by atoms with Crippen molar-refractivity contribution in [3.8, 4) is 0 Å². The Bertz CT molecular complexity index is 779. The summed E-state index contributed by atoms with van der Waals surface area (Å²) in [5.41, 5.74) is -1.79. The summed E-state index contributed by atoms with van der Waals surface area (Å²) in [6.07, 6.45) is -2.02. The molecule has 3 N–H and O–H groups in total. The highest BCUT2D eigenvalue weighted by Crippen LogP contribution is 2.36. The quantitative estimate of drug-likeness (QED) is 0.395. The number of nitrogens with zero attached hydrogens (tertiary/aromatic N) is 1. The van der Waals surface area contributed by atoms with Crippen LogP contribution in [0.2, 0.25) is 0 Å². The first kappa shape index (κ1) is 21.8. The number of amides is 1. The lowest BCUT2D eigenvalue weighted by atomic mass is 9.93. The first-order valence-corrected chi connectivity index (χ1v) is 9.01. The van der Waals surface area contributed by atoms with Gasteiger partial charge in [-0.1, -0.05) is 20.8 Å². The number of anilines is 1. The number of aliphatic hydroxyl groups excluding tert-OH is 1. The maximum Gasteiger partial charge on any atom is 0.416 e. The summed E-state index contributed by atoms with van der Waals surface area (Å²) in [5, 5.41) is 20.4. The monoisotopic (exact) mass is 397 g/mol. The maximum absolute atomic E-state index is 12.8. The minimum atomic E-state index is -4.42. The minimum Gasteiger partial charge on any atom is -0.512 e. The van der Waals surface area contributed by atoms with Crippen LogP contribution < -0.4 is 10.2 Å². The maximum atomic E-state index is 12.8. The van der Waals surface area contributed by atoms with Gasteiger partial charge in [0.1, 0.15) is 17.1 Å². The first-order chi connectivity index (χ1) is 12.7. The topological polar surface area (TPSA) is 76.4 Å². The number of alkyl halides is 3. The molecule has 0 aliphatic carbocycles. The van der Waals surface area contributed by atoms with Gasteiger partial charge >= 0.3 is 6.18 Å². The third kappa shape index (κ3) is 4.66. The number of hydrogen-bond donors (Lipinski definition) is 3. The molecule has 1 atom stereocenters. The fourth-order valence-electron chi connectivity index (χ4n) is 3.09. The number of nitrogens with one attached hydrogen (secondary N) is 2. The number of amidine groups is 1. The highest BCUT2D eigenvalue weighted by Gasteiger charge is 2.43. The predicted octanol–water partition coefficient (Wildman–Crippen LogP) is 4.65. The Hall–Kier alpha value is -2.51. The Morgan fingerprint density at radius 2 is 1.82 bits per heavy atom. The Labute approximate surface area is 162 Å². The number of rotatable bonds is 3. The molecule has 0 saturated carbocycles. The van der Waals surface area contributed by atoms with Crippen molar-refractivity contribution in [3.05, 3.63) is 41.7 Å².